The van der Waals surface area contributed by atoms with Crippen LogP contribution in [0.1, 0.15) is 94.0 Å². The first-order valence-corrected chi connectivity index (χ1v) is 15.9. The van der Waals surface area contributed by atoms with Crippen LogP contribution >= 0.6 is 0 Å². The van der Waals surface area contributed by atoms with Gasteiger partial charge in [-0.25, -0.2) is 0 Å². The van der Waals surface area contributed by atoms with Gasteiger partial charge in [0, 0.05) is 68.1 Å². The highest BCUT2D eigenvalue weighted by Crippen LogP contribution is 2.24. The summed E-state index contributed by atoms with van der Waals surface area (Å²) in [4.78, 5) is 39.4. The van der Waals surface area contributed by atoms with Crippen molar-refractivity contribution in [2.24, 2.45) is 0 Å². The summed E-state index contributed by atoms with van der Waals surface area (Å²) in [6.45, 7) is 20.9. The first-order valence-electron chi connectivity index (χ1n) is 15.9. The van der Waals surface area contributed by atoms with Crippen molar-refractivity contribution in [1.29, 1.82) is 0 Å². The Morgan fingerprint density at radius 2 is 1.09 bits per heavy atom. The fourth-order valence-electron chi connectivity index (χ4n) is 6.38. The lowest BCUT2D eigenvalue weighted by Gasteiger charge is -2.04. The number of hydrogen-bond acceptors (Lipinski definition) is 4. The van der Waals surface area contributed by atoms with Gasteiger partial charge < -0.3 is 29.4 Å². The number of ether oxygens (including phenoxy) is 2. The molecule has 0 unspecified atom stereocenters. The Labute approximate surface area is 269 Å². The summed E-state index contributed by atoms with van der Waals surface area (Å²) in [5.41, 5.74) is 12.2. The van der Waals surface area contributed by atoms with Crippen molar-refractivity contribution in [3.63, 3.8) is 0 Å². The number of fused-ring (bicyclic) bond motifs is 8. The van der Waals surface area contributed by atoms with E-state index < -0.39 is 0 Å². The molecule has 8 nitrogen and oxygen atoms in total. The SMILES string of the molecule is C=Cc1c2[nH]c(c1C)/C=c1\[nH]/c(c(CCC(=O)OCC)c1C)=C\c1[nH]c(c(C)c1CCC(=O)OCC)/C=c1\[nH]/c(c(C)c1C=C)=C\2. The molecule has 0 spiro atoms. The number of H-pyrrole nitrogens is 4. The first-order chi connectivity index (χ1) is 22.1. The summed E-state index contributed by atoms with van der Waals surface area (Å²) in [7, 11) is 0. The van der Waals surface area contributed by atoms with Gasteiger partial charge >= 0.3 is 11.9 Å². The zero-order valence-electron chi connectivity index (χ0n) is 27.8. The molecule has 240 valence electrons. The Morgan fingerprint density at radius 3 is 1.72 bits per heavy atom. The predicted molar refractivity (Wildman–Crippen MR) is 185 cm³/mol. The Hall–Kier alpha value is -4.98. The lowest BCUT2D eigenvalue weighted by atomic mass is 10.0. The van der Waals surface area contributed by atoms with E-state index in [0.29, 0.717) is 26.1 Å². The third-order valence-electron chi connectivity index (χ3n) is 8.97. The molecule has 0 fully saturated rings. The van der Waals surface area contributed by atoms with Gasteiger partial charge in [-0.2, -0.15) is 0 Å². The normalized spacial score (nSPS) is 14.9. The molecule has 0 saturated carbocycles. The van der Waals surface area contributed by atoms with Crippen LogP contribution in [0.2, 0.25) is 0 Å². The Kier molecular flexibility index (Phi) is 9.56. The van der Waals surface area contributed by atoms with Crippen molar-refractivity contribution in [3.05, 3.63) is 102 Å². The molecule has 0 atom stereocenters. The van der Waals surface area contributed by atoms with Gasteiger partial charge in [-0.3, -0.25) is 9.59 Å². The second kappa shape index (κ2) is 13.6. The van der Waals surface area contributed by atoms with Gasteiger partial charge in [0.15, 0.2) is 0 Å². The molecule has 1 aliphatic heterocycles. The predicted octanol–water partition coefficient (Wildman–Crippen LogP) is 4.14. The average Bonchev–Trinajstić information content (AvgIpc) is 3.68. The standard InChI is InChI=1S/C38H44N4O4/c1-9-25-21(5)29-17-30-23(7)27(13-15-37(43)45-11-3)35(41-30)20-36-28(14-16-38(44)46-12-4)24(8)32(42-36)19-34-26(10-2)22(6)31(40-34)18-33(25)39-29/h9-10,17-20,39-42H,1-2,11-16H2,3-8H3/b29-17?,30-17-,31-18-,32-19?,33-18?,34-19-,35-20-,36-20?. The second-order valence-electron chi connectivity index (χ2n) is 11.7. The molecule has 4 aromatic rings. The van der Waals surface area contributed by atoms with E-state index in [1.54, 1.807) is 0 Å². The molecule has 0 aromatic carbocycles. The van der Waals surface area contributed by atoms with Crippen molar-refractivity contribution >= 4 is 48.4 Å². The highest BCUT2D eigenvalue weighted by atomic mass is 16.5. The fourth-order valence-corrected chi connectivity index (χ4v) is 6.38. The van der Waals surface area contributed by atoms with Crippen molar-refractivity contribution < 1.29 is 19.1 Å². The van der Waals surface area contributed by atoms with Gasteiger partial charge in [-0.05, 0) is 112 Å². The number of aromatic amines is 4. The van der Waals surface area contributed by atoms with Crippen LogP contribution in [-0.4, -0.2) is 45.1 Å². The summed E-state index contributed by atoms with van der Waals surface area (Å²) in [5.74, 6) is -0.454. The molecule has 0 amide bonds. The van der Waals surface area contributed by atoms with Gasteiger partial charge in [0.2, 0.25) is 0 Å². The van der Waals surface area contributed by atoms with Gasteiger partial charge in [0.25, 0.3) is 0 Å². The molecular formula is C38H44N4O4. The lowest BCUT2D eigenvalue weighted by molar-refractivity contribution is -0.144. The summed E-state index contributed by atoms with van der Waals surface area (Å²) >= 11 is 0. The number of nitrogens with one attached hydrogen (secondary N) is 4. The first kappa shape index (κ1) is 32.4. The Balaban J connectivity index is 1.84. The van der Waals surface area contributed by atoms with Crippen LogP contribution in [0, 0.1) is 27.7 Å². The minimum Gasteiger partial charge on any atom is -0.466 e. The van der Waals surface area contributed by atoms with Crippen molar-refractivity contribution in [2.75, 3.05) is 13.2 Å². The molecule has 0 radical (unpaired) electrons. The largest absolute Gasteiger partial charge is 0.466 e. The van der Waals surface area contributed by atoms with Crippen molar-refractivity contribution in [3.8, 4) is 0 Å². The van der Waals surface area contributed by atoms with Crippen molar-refractivity contribution in [1.82, 2.24) is 19.9 Å². The number of hydrogen-bond donors (Lipinski definition) is 4. The van der Waals surface area contributed by atoms with Crippen LogP contribution in [0.15, 0.2) is 13.2 Å². The summed E-state index contributed by atoms with van der Waals surface area (Å²) in [6.07, 6.45) is 13.8. The van der Waals surface area contributed by atoms with E-state index in [1.807, 2.05) is 26.0 Å². The van der Waals surface area contributed by atoms with E-state index in [9.17, 15) is 9.59 Å². The van der Waals surface area contributed by atoms with Gasteiger partial charge in [0.05, 0.1) is 13.2 Å². The molecule has 0 saturated heterocycles. The molecule has 46 heavy (non-hydrogen) atoms. The van der Waals surface area contributed by atoms with Gasteiger partial charge in [-0.15, -0.1) is 0 Å². The molecule has 4 N–H and O–H groups in total. The second-order valence-corrected chi connectivity index (χ2v) is 11.7. The zero-order valence-corrected chi connectivity index (χ0v) is 27.8. The molecular weight excluding hydrogens is 576 g/mol. The maximum absolute atomic E-state index is 12.4. The van der Waals surface area contributed by atoms with Crippen LogP contribution in [-0.2, 0) is 31.9 Å². The molecule has 8 bridgehead atoms. The zero-order chi connectivity index (χ0) is 33.1. The van der Waals surface area contributed by atoms with Crippen LogP contribution in [0.5, 0.6) is 0 Å². The van der Waals surface area contributed by atoms with E-state index in [4.69, 9.17) is 9.47 Å². The Morgan fingerprint density at radius 1 is 0.587 bits per heavy atom. The van der Waals surface area contributed by atoms with Crippen LogP contribution in [0.25, 0.3) is 36.5 Å². The summed E-state index contributed by atoms with van der Waals surface area (Å²) in [5, 5.41) is 3.75. The number of rotatable bonds is 10. The molecule has 8 heteroatoms. The molecule has 5 heterocycles. The maximum atomic E-state index is 12.4. The third kappa shape index (κ3) is 6.25. The smallest absolute Gasteiger partial charge is 0.306 e. The number of esters is 2. The lowest BCUT2D eigenvalue weighted by Crippen LogP contribution is -2.14. The molecule has 0 aliphatic carbocycles. The fraction of sp³-hybridized carbons (Fsp3) is 0.316. The van der Waals surface area contributed by atoms with E-state index in [2.05, 4.69) is 85.1 Å². The average molecular weight is 621 g/mol. The van der Waals surface area contributed by atoms with Crippen molar-refractivity contribution in [2.45, 2.75) is 67.2 Å². The monoisotopic (exact) mass is 620 g/mol. The van der Waals surface area contributed by atoms with Crippen LogP contribution in [0.3, 0.4) is 0 Å². The summed E-state index contributed by atoms with van der Waals surface area (Å²) in [6, 6.07) is 0. The highest BCUT2D eigenvalue weighted by Gasteiger charge is 2.18. The van der Waals surface area contributed by atoms with Gasteiger partial charge in [-0.1, -0.05) is 25.3 Å². The van der Waals surface area contributed by atoms with Gasteiger partial charge in [0.1, 0.15) is 0 Å². The van der Waals surface area contributed by atoms with Crippen LogP contribution < -0.4 is 21.4 Å². The molecule has 1 aliphatic rings. The molecule has 4 aromatic heterocycles. The van der Waals surface area contributed by atoms with Crippen LogP contribution in [0.4, 0.5) is 0 Å². The maximum Gasteiger partial charge on any atom is 0.306 e. The van der Waals surface area contributed by atoms with E-state index in [-0.39, 0.29) is 24.8 Å². The van der Waals surface area contributed by atoms with E-state index >= 15 is 0 Å². The minimum absolute atomic E-state index is 0.227. The topological polar surface area (TPSA) is 116 Å². The number of carbonyl (C=O) groups excluding carboxylic acids is 2. The minimum atomic E-state index is -0.228. The van der Waals surface area contributed by atoms with E-state index in [0.717, 1.165) is 88.7 Å². The Bertz CT molecular complexity index is 2090. The quantitative estimate of drug-likeness (QED) is 0.176. The third-order valence-corrected chi connectivity index (χ3v) is 8.97. The number of carbonyl (C=O) groups is 2. The molecule has 5 rings (SSSR count). The van der Waals surface area contributed by atoms with E-state index in [1.165, 1.54) is 0 Å². The number of aromatic nitrogens is 4. The highest BCUT2D eigenvalue weighted by molar-refractivity contribution is 5.73. The summed E-state index contributed by atoms with van der Waals surface area (Å²) < 4.78 is 10.5.